The monoisotopic (exact) mass is 345 g/mol. The quantitative estimate of drug-likeness (QED) is 0.926. The molecule has 1 aliphatic heterocycles. The molecule has 1 saturated heterocycles. The molecule has 0 saturated carbocycles. The van der Waals surface area contributed by atoms with Crippen molar-refractivity contribution in [2.75, 3.05) is 19.6 Å². The van der Waals surface area contributed by atoms with Gasteiger partial charge in [0.15, 0.2) is 0 Å². The predicted molar refractivity (Wildman–Crippen MR) is 98.3 cm³/mol. The van der Waals surface area contributed by atoms with Gasteiger partial charge in [-0.3, -0.25) is 9.78 Å². The van der Waals surface area contributed by atoms with E-state index in [0.717, 1.165) is 31.6 Å². The number of aryl methyl sites for hydroxylation is 2. The number of carbonyl (C=O) groups excluding carboxylic acids is 1. The fourth-order valence-corrected chi connectivity index (χ4v) is 3.15. The standard InChI is InChI=1S/C19H23N3O.ClH/c1-15-5-2-3-6-16(15)8-9-19(23)22-12-11-21-14-18(22)17-7-4-10-20-13-17;/h2-7,10,13,18,21H,8-9,11-12,14H2,1H3;1H. The number of nitrogens with zero attached hydrogens (tertiary/aromatic N) is 2. The topological polar surface area (TPSA) is 45.2 Å². The van der Waals surface area contributed by atoms with Gasteiger partial charge >= 0.3 is 0 Å². The number of amides is 1. The number of piperazine rings is 1. The normalized spacial score (nSPS) is 17.2. The number of carbonyl (C=O) groups is 1. The predicted octanol–water partition coefficient (Wildman–Crippen LogP) is 2.92. The Kier molecular flexibility index (Phi) is 6.76. The van der Waals surface area contributed by atoms with Crippen molar-refractivity contribution in [2.24, 2.45) is 0 Å². The largest absolute Gasteiger partial charge is 0.333 e. The summed E-state index contributed by atoms with van der Waals surface area (Å²) in [6, 6.07) is 12.3. The van der Waals surface area contributed by atoms with Crippen LogP contribution in [0.5, 0.6) is 0 Å². The zero-order valence-electron chi connectivity index (χ0n) is 13.9. The highest BCUT2D eigenvalue weighted by atomic mass is 35.5. The maximum absolute atomic E-state index is 12.7. The lowest BCUT2D eigenvalue weighted by Crippen LogP contribution is -2.48. The van der Waals surface area contributed by atoms with Crippen molar-refractivity contribution < 1.29 is 4.79 Å². The number of hydrogen-bond donors (Lipinski definition) is 1. The van der Waals surface area contributed by atoms with Crippen molar-refractivity contribution in [2.45, 2.75) is 25.8 Å². The van der Waals surface area contributed by atoms with Gasteiger partial charge in [-0.1, -0.05) is 30.3 Å². The van der Waals surface area contributed by atoms with Gasteiger partial charge in [0.25, 0.3) is 0 Å². The van der Waals surface area contributed by atoms with E-state index >= 15 is 0 Å². The molecule has 0 spiro atoms. The zero-order valence-corrected chi connectivity index (χ0v) is 14.8. The molecule has 3 rings (SSSR count). The fourth-order valence-electron chi connectivity index (χ4n) is 3.15. The van der Waals surface area contributed by atoms with Crippen molar-refractivity contribution in [3.8, 4) is 0 Å². The van der Waals surface area contributed by atoms with E-state index in [0.29, 0.717) is 6.42 Å². The third-order valence-corrected chi connectivity index (χ3v) is 4.50. The van der Waals surface area contributed by atoms with Crippen molar-refractivity contribution in [1.82, 2.24) is 15.2 Å². The summed E-state index contributed by atoms with van der Waals surface area (Å²) < 4.78 is 0. The summed E-state index contributed by atoms with van der Waals surface area (Å²) in [6.45, 7) is 4.50. The molecule has 0 bridgehead atoms. The van der Waals surface area contributed by atoms with Crippen molar-refractivity contribution in [3.05, 3.63) is 65.5 Å². The number of rotatable bonds is 4. The number of benzene rings is 1. The summed E-state index contributed by atoms with van der Waals surface area (Å²) in [5.41, 5.74) is 3.61. The summed E-state index contributed by atoms with van der Waals surface area (Å²) in [5.74, 6) is 0.226. The molecule has 1 N–H and O–H groups in total. The maximum Gasteiger partial charge on any atom is 0.223 e. The number of halogens is 1. The van der Waals surface area contributed by atoms with Gasteiger partial charge in [0, 0.05) is 38.4 Å². The molecule has 4 nitrogen and oxygen atoms in total. The average molecular weight is 346 g/mol. The molecule has 5 heteroatoms. The molecule has 1 aliphatic rings. The van der Waals surface area contributed by atoms with Crippen LogP contribution in [-0.4, -0.2) is 35.4 Å². The summed E-state index contributed by atoms with van der Waals surface area (Å²) in [7, 11) is 0. The summed E-state index contributed by atoms with van der Waals surface area (Å²) in [6.07, 6.45) is 4.99. The number of nitrogens with one attached hydrogen (secondary N) is 1. The van der Waals surface area contributed by atoms with E-state index in [1.165, 1.54) is 11.1 Å². The Balaban J connectivity index is 0.00000208. The van der Waals surface area contributed by atoms with Gasteiger partial charge in [0.1, 0.15) is 0 Å². The summed E-state index contributed by atoms with van der Waals surface area (Å²) >= 11 is 0. The van der Waals surface area contributed by atoms with Crippen LogP contribution in [0.2, 0.25) is 0 Å². The van der Waals surface area contributed by atoms with Crippen LogP contribution < -0.4 is 5.32 Å². The molecular weight excluding hydrogens is 322 g/mol. The molecule has 1 amide bonds. The third-order valence-electron chi connectivity index (χ3n) is 4.50. The van der Waals surface area contributed by atoms with Crippen molar-refractivity contribution in [3.63, 3.8) is 0 Å². The van der Waals surface area contributed by atoms with Crippen molar-refractivity contribution in [1.29, 1.82) is 0 Å². The molecule has 128 valence electrons. The van der Waals surface area contributed by atoms with E-state index in [4.69, 9.17) is 0 Å². The molecule has 1 fully saturated rings. The SMILES string of the molecule is Cc1ccccc1CCC(=O)N1CCNCC1c1cccnc1.Cl. The van der Waals surface area contributed by atoms with Crippen LogP contribution in [0.4, 0.5) is 0 Å². The first-order chi connectivity index (χ1) is 11.3. The van der Waals surface area contributed by atoms with Crippen LogP contribution in [0.3, 0.4) is 0 Å². The number of hydrogen-bond acceptors (Lipinski definition) is 3. The van der Waals surface area contributed by atoms with E-state index < -0.39 is 0 Å². The van der Waals surface area contributed by atoms with Gasteiger partial charge in [-0.15, -0.1) is 12.4 Å². The Morgan fingerprint density at radius 1 is 1.29 bits per heavy atom. The van der Waals surface area contributed by atoms with E-state index in [-0.39, 0.29) is 24.4 Å². The minimum absolute atomic E-state index is 0. The maximum atomic E-state index is 12.7. The van der Waals surface area contributed by atoms with E-state index in [1.54, 1.807) is 6.20 Å². The Morgan fingerprint density at radius 2 is 2.12 bits per heavy atom. The Labute approximate surface area is 149 Å². The van der Waals surface area contributed by atoms with Gasteiger partial charge in [-0.25, -0.2) is 0 Å². The van der Waals surface area contributed by atoms with Crippen LogP contribution in [0.1, 0.15) is 29.2 Å². The molecule has 2 aromatic rings. The molecule has 1 atom stereocenters. The fraction of sp³-hybridized carbons (Fsp3) is 0.368. The highest BCUT2D eigenvalue weighted by Gasteiger charge is 2.27. The van der Waals surface area contributed by atoms with Crippen LogP contribution in [0.25, 0.3) is 0 Å². The molecule has 1 unspecified atom stereocenters. The van der Waals surface area contributed by atoms with E-state index in [2.05, 4.69) is 29.4 Å². The highest BCUT2D eigenvalue weighted by Crippen LogP contribution is 2.22. The van der Waals surface area contributed by atoms with Crippen LogP contribution in [0.15, 0.2) is 48.8 Å². The molecule has 0 aliphatic carbocycles. The summed E-state index contributed by atoms with van der Waals surface area (Å²) in [4.78, 5) is 18.9. The van der Waals surface area contributed by atoms with Gasteiger partial charge in [0.05, 0.1) is 6.04 Å². The second-order valence-corrected chi connectivity index (χ2v) is 6.02. The first-order valence-corrected chi connectivity index (χ1v) is 8.20. The van der Waals surface area contributed by atoms with E-state index in [9.17, 15) is 4.79 Å². The van der Waals surface area contributed by atoms with Crippen LogP contribution in [-0.2, 0) is 11.2 Å². The van der Waals surface area contributed by atoms with Crippen molar-refractivity contribution >= 4 is 18.3 Å². The summed E-state index contributed by atoms with van der Waals surface area (Å²) in [5, 5.41) is 3.38. The lowest BCUT2D eigenvalue weighted by atomic mass is 10.0. The number of aromatic nitrogens is 1. The average Bonchev–Trinajstić information content (AvgIpc) is 2.61. The second kappa shape index (κ2) is 8.81. The molecule has 1 aromatic carbocycles. The Morgan fingerprint density at radius 3 is 2.88 bits per heavy atom. The Bertz CT molecular complexity index is 663. The van der Waals surface area contributed by atoms with E-state index in [1.807, 2.05) is 35.4 Å². The third kappa shape index (κ3) is 4.34. The Hall–Kier alpha value is -1.91. The van der Waals surface area contributed by atoms with Gasteiger partial charge in [-0.2, -0.15) is 0 Å². The number of pyridine rings is 1. The van der Waals surface area contributed by atoms with Gasteiger partial charge in [-0.05, 0) is 36.1 Å². The molecule has 24 heavy (non-hydrogen) atoms. The van der Waals surface area contributed by atoms with Gasteiger partial charge in [0.2, 0.25) is 5.91 Å². The minimum atomic E-state index is 0. The first-order valence-electron chi connectivity index (χ1n) is 8.20. The second-order valence-electron chi connectivity index (χ2n) is 6.02. The highest BCUT2D eigenvalue weighted by molar-refractivity contribution is 5.85. The molecule has 1 aromatic heterocycles. The lowest BCUT2D eigenvalue weighted by Gasteiger charge is -2.36. The first kappa shape index (κ1) is 18.4. The van der Waals surface area contributed by atoms with Gasteiger partial charge < -0.3 is 10.2 Å². The molecule has 2 heterocycles. The molecular formula is C19H24ClN3O. The smallest absolute Gasteiger partial charge is 0.223 e. The lowest BCUT2D eigenvalue weighted by molar-refractivity contribution is -0.134. The van der Waals surface area contributed by atoms with Crippen LogP contribution >= 0.6 is 12.4 Å². The molecule has 0 radical (unpaired) electrons. The minimum Gasteiger partial charge on any atom is -0.333 e. The zero-order chi connectivity index (χ0) is 16.1. The van der Waals surface area contributed by atoms with Crippen LogP contribution in [0, 0.1) is 6.92 Å².